The Hall–Kier alpha value is -1.09. The van der Waals surface area contributed by atoms with Crippen molar-refractivity contribution in [2.24, 2.45) is 5.92 Å². The predicted octanol–water partition coefficient (Wildman–Crippen LogP) is 3.70. The summed E-state index contributed by atoms with van der Waals surface area (Å²) in [5.41, 5.74) is 2.13. The van der Waals surface area contributed by atoms with Gasteiger partial charge in [0.15, 0.2) is 0 Å². The van der Waals surface area contributed by atoms with E-state index in [1.165, 1.54) is 25.7 Å². The molecule has 110 valence electrons. The number of benzene rings is 1. The Morgan fingerprint density at radius 2 is 1.95 bits per heavy atom. The highest BCUT2D eigenvalue weighted by Gasteiger charge is 2.30. The van der Waals surface area contributed by atoms with E-state index in [-0.39, 0.29) is 5.82 Å². The van der Waals surface area contributed by atoms with Crippen LogP contribution in [0, 0.1) is 11.7 Å². The second-order valence-corrected chi connectivity index (χ2v) is 6.75. The van der Waals surface area contributed by atoms with Crippen molar-refractivity contribution in [3.63, 3.8) is 0 Å². The van der Waals surface area contributed by atoms with E-state index in [2.05, 4.69) is 30.1 Å². The summed E-state index contributed by atoms with van der Waals surface area (Å²) in [6, 6.07) is 6.82. The zero-order valence-electron chi connectivity index (χ0n) is 12.5. The smallest absolute Gasteiger partial charge is 0.125 e. The van der Waals surface area contributed by atoms with E-state index < -0.39 is 0 Å². The number of nitrogens with zero attached hydrogens (tertiary/aromatic N) is 1. The monoisotopic (exact) mass is 276 g/mol. The molecule has 0 bridgehead atoms. The van der Waals surface area contributed by atoms with Crippen LogP contribution in [0.4, 0.5) is 10.1 Å². The highest BCUT2D eigenvalue weighted by Crippen LogP contribution is 2.33. The van der Waals surface area contributed by atoms with E-state index in [4.69, 9.17) is 0 Å². The zero-order chi connectivity index (χ0) is 14.1. The van der Waals surface area contributed by atoms with Crippen LogP contribution in [0.2, 0.25) is 0 Å². The molecule has 20 heavy (non-hydrogen) atoms. The average Bonchev–Trinajstić information content (AvgIpc) is 3.26. The normalized spacial score (nSPS) is 18.6. The molecule has 2 aliphatic carbocycles. The molecular formula is C17H25FN2. The largest absolute Gasteiger partial charge is 0.368 e. The number of hydrogen-bond acceptors (Lipinski definition) is 2. The Morgan fingerprint density at radius 3 is 2.55 bits per heavy atom. The first kappa shape index (κ1) is 13.9. The molecule has 1 aromatic rings. The number of nitrogens with one attached hydrogen (secondary N) is 1. The molecule has 0 saturated heterocycles. The van der Waals surface area contributed by atoms with Crippen LogP contribution in [-0.2, 0) is 6.54 Å². The van der Waals surface area contributed by atoms with E-state index in [1.807, 2.05) is 0 Å². The number of halogens is 1. The summed E-state index contributed by atoms with van der Waals surface area (Å²) in [5, 5.41) is 3.47. The topological polar surface area (TPSA) is 15.3 Å². The third-order valence-electron chi connectivity index (χ3n) is 4.00. The molecule has 2 aliphatic rings. The van der Waals surface area contributed by atoms with E-state index in [0.717, 1.165) is 24.3 Å². The predicted molar refractivity (Wildman–Crippen MR) is 81.5 cm³/mol. The molecule has 1 aromatic carbocycles. The molecule has 0 aromatic heterocycles. The van der Waals surface area contributed by atoms with Crippen molar-refractivity contribution in [2.45, 2.75) is 58.2 Å². The van der Waals surface area contributed by atoms with Gasteiger partial charge in [-0.05, 0) is 55.4 Å². The van der Waals surface area contributed by atoms with Crippen LogP contribution in [0.5, 0.6) is 0 Å². The number of hydrogen-bond donors (Lipinski definition) is 1. The van der Waals surface area contributed by atoms with Gasteiger partial charge in [0.2, 0.25) is 0 Å². The van der Waals surface area contributed by atoms with Crippen LogP contribution in [-0.4, -0.2) is 18.6 Å². The lowest BCUT2D eigenvalue weighted by atomic mass is 10.1. The highest BCUT2D eigenvalue weighted by atomic mass is 19.1. The van der Waals surface area contributed by atoms with Gasteiger partial charge in [-0.25, -0.2) is 4.39 Å². The van der Waals surface area contributed by atoms with Crippen LogP contribution in [0.1, 0.15) is 45.1 Å². The molecule has 2 fully saturated rings. The summed E-state index contributed by atoms with van der Waals surface area (Å²) in [6.45, 7) is 6.26. The molecule has 0 atom stereocenters. The molecule has 0 spiro atoms. The van der Waals surface area contributed by atoms with Crippen LogP contribution in [0.3, 0.4) is 0 Å². The lowest BCUT2D eigenvalue weighted by molar-refractivity contribution is 0.596. The van der Waals surface area contributed by atoms with Crippen LogP contribution in [0.15, 0.2) is 18.2 Å². The molecule has 0 heterocycles. The van der Waals surface area contributed by atoms with Crippen molar-refractivity contribution >= 4 is 5.69 Å². The van der Waals surface area contributed by atoms with E-state index >= 15 is 0 Å². The number of rotatable bonds is 7. The van der Waals surface area contributed by atoms with Gasteiger partial charge in [-0.15, -0.1) is 0 Å². The summed E-state index contributed by atoms with van der Waals surface area (Å²) in [7, 11) is 0. The Morgan fingerprint density at radius 1 is 1.20 bits per heavy atom. The molecule has 3 heteroatoms. The Kier molecular flexibility index (Phi) is 3.97. The first-order chi connectivity index (χ1) is 9.61. The molecule has 0 radical (unpaired) electrons. The molecule has 0 aliphatic heterocycles. The van der Waals surface area contributed by atoms with Gasteiger partial charge in [0.25, 0.3) is 0 Å². The summed E-state index contributed by atoms with van der Waals surface area (Å²) < 4.78 is 13.9. The van der Waals surface area contributed by atoms with E-state index in [9.17, 15) is 4.39 Å². The zero-order valence-corrected chi connectivity index (χ0v) is 12.5. The quantitative estimate of drug-likeness (QED) is 0.817. The van der Waals surface area contributed by atoms with Gasteiger partial charge in [0, 0.05) is 30.9 Å². The highest BCUT2D eigenvalue weighted by molar-refractivity contribution is 5.51. The minimum atomic E-state index is -0.107. The fourth-order valence-electron chi connectivity index (χ4n) is 2.70. The SMILES string of the molecule is CC(C)CN(c1cc(F)cc(CNC2CC2)c1)C1CC1. The summed E-state index contributed by atoms with van der Waals surface area (Å²) >= 11 is 0. The van der Waals surface area contributed by atoms with Crippen molar-refractivity contribution in [3.8, 4) is 0 Å². The maximum absolute atomic E-state index is 13.9. The van der Waals surface area contributed by atoms with E-state index in [1.54, 1.807) is 12.1 Å². The third-order valence-corrected chi connectivity index (χ3v) is 4.00. The van der Waals surface area contributed by atoms with Gasteiger partial charge in [-0.3, -0.25) is 0 Å². The van der Waals surface area contributed by atoms with Gasteiger partial charge < -0.3 is 10.2 Å². The number of anilines is 1. The Labute approximate surface area is 121 Å². The van der Waals surface area contributed by atoms with Gasteiger partial charge in [-0.2, -0.15) is 0 Å². The molecule has 1 N–H and O–H groups in total. The maximum Gasteiger partial charge on any atom is 0.125 e. The van der Waals surface area contributed by atoms with Gasteiger partial charge in [0.1, 0.15) is 5.82 Å². The van der Waals surface area contributed by atoms with Crippen molar-refractivity contribution in [3.05, 3.63) is 29.6 Å². The summed E-state index contributed by atoms with van der Waals surface area (Å²) in [6.07, 6.45) is 5.03. The molecule has 2 nitrogen and oxygen atoms in total. The van der Waals surface area contributed by atoms with Crippen molar-refractivity contribution in [1.29, 1.82) is 0 Å². The fraction of sp³-hybridized carbons (Fsp3) is 0.647. The molecular weight excluding hydrogens is 251 g/mol. The Balaban J connectivity index is 1.75. The minimum Gasteiger partial charge on any atom is -0.368 e. The fourth-order valence-corrected chi connectivity index (χ4v) is 2.70. The average molecular weight is 276 g/mol. The van der Waals surface area contributed by atoms with Gasteiger partial charge in [-0.1, -0.05) is 13.8 Å². The molecule has 0 amide bonds. The second kappa shape index (κ2) is 5.72. The molecule has 3 rings (SSSR count). The van der Waals surface area contributed by atoms with E-state index in [0.29, 0.717) is 18.0 Å². The summed E-state index contributed by atoms with van der Waals surface area (Å²) in [4.78, 5) is 2.40. The minimum absolute atomic E-state index is 0.107. The lowest BCUT2D eigenvalue weighted by Crippen LogP contribution is -2.30. The Bertz CT molecular complexity index is 464. The van der Waals surface area contributed by atoms with Crippen LogP contribution >= 0.6 is 0 Å². The van der Waals surface area contributed by atoms with Crippen molar-refractivity contribution < 1.29 is 4.39 Å². The molecule has 0 unspecified atom stereocenters. The lowest BCUT2D eigenvalue weighted by Gasteiger charge is -2.27. The summed E-state index contributed by atoms with van der Waals surface area (Å²) in [5.74, 6) is 0.497. The van der Waals surface area contributed by atoms with Gasteiger partial charge in [0.05, 0.1) is 0 Å². The van der Waals surface area contributed by atoms with Crippen molar-refractivity contribution in [1.82, 2.24) is 5.32 Å². The maximum atomic E-state index is 13.9. The first-order valence-corrected chi connectivity index (χ1v) is 7.91. The second-order valence-electron chi connectivity index (χ2n) is 6.75. The van der Waals surface area contributed by atoms with Gasteiger partial charge >= 0.3 is 0 Å². The van der Waals surface area contributed by atoms with Crippen molar-refractivity contribution in [2.75, 3.05) is 11.4 Å². The molecule has 2 saturated carbocycles. The first-order valence-electron chi connectivity index (χ1n) is 7.91. The third kappa shape index (κ3) is 3.72. The van der Waals surface area contributed by atoms with Crippen LogP contribution in [0.25, 0.3) is 0 Å². The van der Waals surface area contributed by atoms with Crippen LogP contribution < -0.4 is 10.2 Å². The standard InChI is InChI=1S/C17H25FN2/c1-12(2)11-20(16-5-6-16)17-8-13(7-14(18)9-17)10-19-15-3-4-15/h7-9,12,15-16,19H,3-6,10-11H2,1-2H3.